The van der Waals surface area contributed by atoms with E-state index in [0.717, 1.165) is 11.4 Å². The number of nitrogens with zero attached hydrogens (tertiary/aromatic N) is 3. The Hall–Kier alpha value is -1.71. The number of aliphatic imine (C=N–C) groups is 1. The van der Waals surface area contributed by atoms with Gasteiger partial charge in [0.25, 0.3) is 0 Å². The van der Waals surface area contributed by atoms with Crippen molar-refractivity contribution in [2.24, 2.45) is 4.99 Å². The van der Waals surface area contributed by atoms with Gasteiger partial charge in [0, 0.05) is 12.4 Å². The van der Waals surface area contributed by atoms with Crippen LogP contribution in [-0.4, -0.2) is 21.6 Å². The largest absolute Gasteiger partial charge is 0.265 e. The van der Waals surface area contributed by atoms with E-state index in [4.69, 9.17) is 0 Å². The van der Waals surface area contributed by atoms with E-state index in [0.29, 0.717) is 0 Å². The van der Waals surface area contributed by atoms with Crippen LogP contribution in [0.15, 0.2) is 17.3 Å². The summed E-state index contributed by atoms with van der Waals surface area (Å²) in [5.41, 5.74) is 1.66. The minimum Gasteiger partial charge on any atom is -0.265 e. The quantitative estimate of drug-likeness (QED) is 0.590. The van der Waals surface area contributed by atoms with Gasteiger partial charge in [-0.05, 0) is 18.2 Å². The summed E-state index contributed by atoms with van der Waals surface area (Å²) >= 11 is 0. The highest BCUT2D eigenvalue weighted by atomic mass is 15.3. The molecule has 0 saturated heterocycles. The first-order valence-electron chi connectivity index (χ1n) is 3.24. The molecule has 2 heterocycles. The predicted molar refractivity (Wildman–Crippen MR) is 42.9 cm³/mol. The number of aromatic nitrogens is 3. The molecule has 0 atom stereocenters. The molecule has 0 saturated carbocycles. The van der Waals surface area contributed by atoms with Gasteiger partial charge in [0.1, 0.15) is 11.4 Å². The summed E-state index contributed by atoms with van der Waals surface area (Å²) in [4.78, 5) is 3.94. The molecule has 0 aromatic carbocycles. The lowest BCUT2D eigenvalue weighted by molar-refractivity contribution is 0.934. The lowest BCUT2D eigenvalue weighted by Crippen LogP contribution is -1.79. The van der Waals surface area contributed by atoms with E-state index in [2.05, 4.69) is 20.4 Å². The summed E-state index contributed by atoms with van der Waals surface area (Å²) in [6.45, 7) is 0. The molecule has 0 spiro atoms. The molecular weight excluding hydrogens is 140 g/mol. The van der Waals surface area contributed by atoms with E-state index in [1.165, 1.54) is 0 Å². The van der Waals surface area contributed by atoms with Crippen LogP contribution in [-0.2, 0) is 0 Å². The highest BCUT2D eigenvalue weighted by Crippen LogP contribution is 2.06. The van der Waals surface area contributed by atoms with Gasteiger partial charge in [-0.3, -0.25) is 4.99 Å². The molecule has 1 aromatic rings. The van der Waals surface area contributed by atoms with Crippen molar-refractivity contribution in [2.45, 2.75) is 0 Å². The summed E-state index contributed by atoms with van der Waals surface area (Å²) < 4.78 is 0. The Kier molecular flexibility index (Phi) is 1.37. The molecule has 1 aliphatic heterocycles. The van der Waals surface area contributed by atoms with Crippen molar-refractivity contribution >= 4 is 18.4 Å². The maximum atomic E-state index is 3.94. The average molecular weight is 146 g/mol. The van der Waals surface area contributed by atoms with Crippen LogP contribution in [0.25, 0.3) is 12.2 Å². The third-order valence-electron chi connectivity index (χ3n) is 1.35. The third kappa shape index (κ3) is 1.10. The minimum atomic E-state index is 0.818. The fourth-order valence-electron chi connectivity index (χ4n) is 0.840. The van der Waals surface area contributed by atoms with Gasteiger partial charge < -0.3 is 0 Å². The summed E-state index contributed by atoms with van der Waals surface area (Å²) in [6.07, 6.45) is 8.87. The van der Waals surface area contributed by atoms with Gasteiger partial charge in [0.15, 0.2) is 0 Å². The van der Waals surface area contributed by atoms with E-state index in [9.17, 15) is 0 Å². The number of nitrogens with one attached hydrogen (secondary N) is 1. The van der Waals surface area contributed by atoms with Gasteiger partial charge in [0.05, 0.1) is 0 Å². The van der Waals surface area contributed by atoms with Crippen LogP contribution in [0.1, 0.15) is 11.4 Å². The SMILES string of the molecule is C1=C/c2n[nH]nc2\C=C/N=C\1. The second-order valence-corrected chi connectivity index (χ2v) is 2.07. The number of fused-ring (bicyclic) bond motifs is 1. The summed E-state index contributed by atoms with van der Waals surface area (Å²) in [7, 11) is 0. The molecule has 0 amide bonds. The molecule has 1 N–H and O–H groups in total. The Labute approximate surface area is 63.4 Å². The van der Waals surface area contributed by atoms with Crippen LogP contribution in [0, 0.1) is 0 Å². The van der Waals surface area contributed by atoms with Crippen LogP contribution in [0.2, 0.25) is 0 Å². The second kappa shape index (κ2) is 2.49. The molecule has 11 heavy (non-hydrogen) atoms. The number of hydrogen-bond acceptors (Lipinski definition) is 3. The van der Waals surface area contributed by atoms with Gasteiger partial charge in [-0.2, -0.15) is 15.4 Å². The number of rotatable bonds is 0. The Bertz CT molecular complexity index is 301. The van der Waals surface area contributed by atoms with E-state index in [-0.39, 0.29) is 0 Å². The van der Waals surface area contributed by atoms with E-state index in [1.54, 1.807) is 18.5 Å². The molecule has 4 heteroatoms. The van der Waals surface area contributed by atoms with Crippen LogP contribution >= 0.6 is 0 Å². The fraction of sp³-hybridized carbons (Fsp3) is 0. The van der Waals surface area contributed by atoms with Gasteiger partial charge in [-0.1, -0.05) is 0 Å². The minimum absolute atomic E-state index is 0.818. The van der Waals surface area contributed by atoms with Crippen molar-refractivity contribution in [3.05, 3.63) is 23.7 Å². The standard InChI is InChI=1S/C7H6N4/c1-2-6-7(10-11-9-6)3-5-8-4-1/h1-5H,(H,9,10,11). The van der Waals surface area contributed by atoms with E-state index < -0.39 is 0 Å². The first-order chi connectivity index (χ1) is 5.47. The third-order valence-corrected chi connectivity index (χ3v) is 1.35. The van der Waals surface area contributed by atoms with E-state index >= 15 is 0 Å². The summed E-state index contributed by atoms with van der Waals surface area (Å²) in [6, 6.07) is 0. The number of hydrogen-bond donors (Lipinski definition) is 1. The molecule has 0 aliphatic carbocycles. The molecule has 0 unspecified atom stereocenters. The Balaban J connectivity index is 2.52. The Morgan fingerprint density at radius 3 is 2.82 bits per heavy atom. The molecule has 0 fully saturated rings. The fourth-order valence-corrected chi connectivity index (χ4v) is 0.840. The lowest BCUT2D eigenvalue weighted by atomic mass is 10.3. The van der Waals surface area contributed by atoms with Crippen molar-refractivity contribution in [3.63, 3.8) is 0 Å². The van der Waals surface area contributed by atoms with Crippen molar-refractivity contribution in [1.82, 2.24) is 15.4 Å². The molecular formula is C7H6N4. The maximum absolute atomic E-state index is 3.94. The first kappa shape index (κ1) is 6.03. The van der Waals surface area contributed by atoms with Crippen molar-refractivity contribution in [3.8, 4) is 0 Å². The van der Waals surface area contributed by atoms with Gasteiger partial charge >= 0.3 is 0 Å². The Morgan fingerprint density at radius 1 is 1.09 bits per heavy atom. The van der Waals surface area contributed by atoms with Gasteiger partial charge in [0.2, 0.25) is 0 Å². The molecule has 2 rings (SSSR count). The average Bonchev–Trinajstić information content (AvgIpc) is 2.35. The molecule has 1 aromatic heterocycles. The highest BCUT2D eigenvalue weighted by molar-refractivity contribution is 5.80. The molecule has 0 radical (unpaired) electrons. The van der Waals surface area contributed by atoms with Crippen molar-refractivity contribution in [1.29, 1.82) is 0 Å². The van der Waals surface area contributed by atoms with Gasteiger partial charge in [-0.15, -0.1) is 0 Å². The van der Waals surface area contributed by atoms with Crippen LogP contribution in [0.3, 0.4) is 0 Å². The Morgan fingerprint density at radius 2 is 1.91 bits per heavy atom. The number of H-pyrrole nitrogens is 1. The molecule has 1 aliphatic rings. The lowest BCUT2D eigenvalue weighted by Gasteiger charge is -1.87. The number of aromatic amines is 1. The van der Waals surface area contributed by atoms with Crippen LogP contribution in [0.4, 0.5) is 0 Å². The number of allylic oxidation sites excluding steroid dienone is 1. The normalized spacial score (nSPS) is 22.9. The van der Waals surface area contributed by atoms with E-state index in [1.807, 2.05) is 12.2 Å². The zero-order valence-corrected chi connectivity index (χ0v) is 5.73. The molecule has 4 nitrogen and oxygen atoms in total. The summed E-state index contributed by atoms with van der Waals surface area (Å²) in [5, 5.41) is 10.4. The predicted octanol–water partition coefficient (Wildman–Crippen LogP) is 0.873. The summed E-state index contributed by atoms with van der Waals surface area (Å²) in [5.74, 6) is 0. The maximum Gasteiger partial charge on any atom is 0.114 e. The highest BCUT2D eigenvalue weighted by Gasteiger charge is 1.99. The topological polar surface area (TPSA) is 53.9 Å². The van der Waals surface area contributed by atoms with Crippen LogP contribution in [0.5, 0.6) is 0 Å². The van der Waals surface area contributed by atoms with Crippen LogP contribution < -0.4 is 0 Å². The first-order valence-corrected chi connectivity index (χ1v) is 3.24. The smallest absolute Gasteiger partial charge is 0.114 e. The van der Waals surface area contributed by atoms with Crippen molar-refractivity contribution in [2.75, 3.05) is 0 Å². The van der Waals surface area contributed by atoms with Gasteiger partial charge in [-0.25, -0.2) is 0 Å². The molecule has 0 bridgehead atoms. The monoisotopic (exact) mass is 146 g/mol. The zero-order valence-electron chi connectivity index (χ0n) is 5.73. The molecule has 54 valence electrons. The second-order valence-electron chi connectivity index (χ2n) is 2.07. The zero-order chi connectivity index (χ0) is 7.52. The van der Waals surface area contributed by atoms with Crippen molar-refractivity contribution < 1.29 is 0 Å².